The summed E-state index contributed by atoms with van der Waals surface area (Å²) >= 11 is 3.40. The van der Waals surface area contributed by atoms with Crippen molar-refractivity contribution in [1.29, 1.82) is 0 Å². The molecule has 1 atom stereocenters. The van der Waals surface area contributed by atoms with E-state index in [1.165, 1.54) is 0 Å². The van der Waals surface area contributed by atoms with Gasteiger partial charge in [0, 0.05) is 4.47 Å². The fourth-order valence-electron chi connectivity index (χ4n) is 1.58. The molecule has 0 aliphatic carbocycles. The first-order chi connectivity index (χ1) is 6.68. The Morgan fingerprint density at radius 2 is 1.93 bits per heavy atom. The number of nitrogens with one attached hydrogen (secondary N) is 1. The average molecular weight is 258 g/mol. The van der Waals surface area contributed by atoms with E-state index >= 15 is 0 Å². The molecule has 0 heterocycles. The van der Waals surface area contributed by atoms with Crippen molar-refractivity contribution < 1.29 is 5.11 Å². The van der Waals surface area contributed by atoms with Crippen molar-refractivity contribution in [1.82, 2.24) is 5.32 Å². The lowest BCUT2D eigenvalue weighted by Gasteiger charge is -2.31. The third-order valence-corrected chi connectivity index (χ3v) is 3.28. The second kappa shape index (κ2) is 4.91. The summed E-state index contributed by atoms with van der Waals surface area (Å²) in [5.74, 6) is 0. The minimum absolute atomic E-state index is 0.113. The Balaban J connectivity index is 3.05. The first kappa shape index (κ1) is 11.7. The van der Waals surface area contributed by atoms with Gasteiger partial charge in [0.2, 0.25) is 0 Å². The minimum atomic E-state index is -0.305. The van der Waals surface area contributed by atoms with Gasteiger partial charge in [-0.15, -0.1) is 0 Å². The van der Waals surface area contributed by atoms with Crippen LogP contribution in [0.25, 0.3) is 0 Å². The average Bonchev–Trinajstić information content (AvgIpc) is 2.24. The lowest BCUT2D eigenvalue weighted by atomic mass is 9.88. The molecule has 0 aliphatic rings. The van der Waals surface area contributed by atoms with E-state index in [9.17, 15) is 5.11 Å². The molecule has 0 aromatic heterocycles. The lowest BCUT2D eigenvalue weighted by Crippen LogP contribution is -2.42. The molecular weight excluding hydrogens is 242 g/mol. The van der Waals surface area contributed by atoms with Crippen LogP contribution in [-0.2, 0) is 5.54 Å². The normalized spacial score (nSPS) is 15.1. The van der Waals surface area contributed by atoms with E-state index in [-0.39, 0.29) is 12.1 Å². The summed E-state index contributed by atoms with van der Waals surface area (Å²) in [4.78, 5) is 0. The number of hydrogen-bond acceptors (Lipinski definition) is 2. The number of hydrogen-bond donors (Lipinski definition) is 2. The van der Waals surface area contributed by atoms with Gasteiger partial charge in [0.05, 0.1) is 12.1 Å². The number of benzene rings is 1. The Morgan fingerprint density at radius 3 is 2.29 bits per heavy atom. The van der Waals surface area contributed by atoms with Crippen molar-refractivity contribution in [3.63, 3.8) is 0 Å². The molecule has 1 rings (SSSR count). The summed E-state index contributed by atoms with van der Waals surface area (Å²) < 4.78 is 1.06. The highest BCUT2D eigenvalue weighted by molar-refractivity contribution is 9.10. The van der Waals surface area contributed by atoms with Crippen LogP contribution >= 0.6 is 15.9 Å². The highest BCUT2D eigenvalue weighted by Gasteiger charge is 2.26. The first-order valence-corrected chi connectivity index (χ1v) is 5.53. The molecule has 78 valence electrons. The molecule has 0 aliphatic heterocycles. The van der Waals surface area contributed by atoms with Crippen LogP contribution in [0.2, 0.25) is 0 Å². The number of halogens is 1. The third-order valence-electron chi connectivity index (χ3n) is 2.75. The van der Waals surface area contributed by atoms with Gasteiger partial charge in [0.25, 0.3) is 0 Å². The largest absolute Gasteiger partial charge is 0.394 e. The maximum atomic E-state index is 9.43. The van der Waals surface area contributed by atoms with E-state index < -0.39 is 0 Å². The molecule has 0 amide bonds. The Morgan fingerprint density at radius 1 is 1.36 bits per heavy atom. The van der Waals surface area contributed by atoms with Gasteiger partial charge in [0.15, 0.2) is 0 Å². The number of aliphatic hydroxyl groups is 1. The maximum absolute atomic E-state index is 9.43. The Labute approximate surface area is 93.5 Å². The summed E-state index contributed by atoms with van der Waals surface area (Å²) in [7, 11) is 1.88. The van der Waals surface area contributed by atoms with Crippen LogP contribution in [0.5, 0.6) is 0 Å². The molecule has 1 unspecified atom stereocenters. The predicted octanol–water partition coefficient (Wildman–Crippen LogP) is 2.27. The highest BCUT2D eigenvalue weighted by Crippen LogP contribution is 2.25. The van der Waals surface area contributed by atoms with Crippen molar-refractivity contribution in [2.75, 3.05) is 13.7 Å². The van der Waals surface area contributed by atoms with E-state index in [4.69, 9.17) is 0 Å². The second-order valence-electron chi connectivity index (χ2n) is 3.35. The van der Waals surface area contributed by atoms with Crippen LogP contribution in [0.1, 0.15) is 18.9 Å². The summed E-state index contributed by atoms with van der Waals surface area (Å²) in [6.07, 6.45) is 0.863. The standard InChI is InChI=1S/C11H16BrNO/c1-3-11(8-14,13-2)9-4-6-10(12)7-5-9/h4-7,13-14H,3,8H2,1-2H3. The zero-order valence-corrected chi connectivity index (χ0v) is 10.1. The van der Waals surface area contributed by atoms with Crippen LogP contribution in [0.15, 0.2) is 28.7 Å². The molecule has 0 bridgehead atoms. The third kappa shape index (κ3) is 2.16. The maximum Gasteiger partial charge on any atom is 0.0664 e. The van der Waals surface area contributed by atoms with Gasteiger partial charge in [-0.05, 0) is 31.2 Å². The van der Waals surface area contributed by atoms with Crippen molar-refractivity contribution in [3.05, 3.63) is 34.3 Å². The molecule has 1 aromatic carbocycles. The van der Waals surface area contributed by atoms with E-state index in [0.717, 1.165) is 16.5 Å². The van der Waals surface area contributed by atoms with E-state index in [1.807, 2.05) is 31.3 Å². The summed E-state index contributed by atoms with van der Waals surface area (Å²) in [6.45, 7) is 2.18. The van der Waals surface area contributed by atoms with Crippen LogP contribution in [0.4, 0.5) is 0 Å². The van der Waals surface area contributed by atoms with Crippen LogP contribution < -0.4 is 5.32 Å². The number of rotatable bonds is 4. The summed E-state index contributed by atoms with van der Waals surface area (Å²) in [5, 5.41) is 12.6. The molecule has 0 spiro atoms. The zero-order valence-electron chi connectivity index (χ0n) is 8.55. The number of likely N-dealkylation sites (N-methyl/N-ethyl adjacent to an activating group) is 1. The van der Waals surface area contributed by atoms with Crippen molar-refractivity contribution in [2.24, 2.45) is 0 Å². The van der Waals surface area contributed by atoms with Crippen LogP contribution in [-0.4, -0.2) is 18.8 Å². The van der Waals surface area contributed by atoms with Crippen molar-refractivity contribution in [3.8, 4) is 0 Å². The fourth-order valence-corrected chi connectivity index (χ4v) is 1.84. The van der Waals surface area contributed by atoms with Gasteiger partial charge in [0.1, 0.15) is 0 Å². The fraction of sp³-hybridized carbons (Fsp3) is 0.455. The predicted molar refractivity (Wildman–Crippen MR) is 62.3 cm³/mol. The molecule has 0 saturated carbocycles. The monoisotopic (exact) mass is 257 g/mol. The van der Waals surface area contributed by atoms with Crippen LogP contribution in [0.3, 0.4) is 0 Å². The quantitative estimate of drug-likeness (QED) is 0.868. The second-order valence-corrected chi connectivity index (χ2v) is 4.27. The van der Waals surface area contributed by atoms with E-state index in [0.29, 0.717) is 0 Å². The van der Waals surface area contributed by atoms with E-state index in [1.54, 1.807) is 0 Å². The Kier molecular flexibility index (Phi) is 4.11. The molecule has 2 nitrogen and oxygen atoms in total. The van der Waals surface area contributed by atoms with E-state index in [2.05, 4.69) is 28.2 Å². The molecule has 0 saturated heterocycles. The topological polar surface area (TPSA) is 32.3 Å². The van der Waals surface area contributed by atoms with Crippen molar-refractivity contribution in [2.45, 2.75) is 18.9 Å². The highest BCUT2D eigenvalue weighted by atomic mass is 79.9. The van der Waals surface area contributed by atoms with Gasteiger partial charge in [-0.2, -0.15) is 0 Å². The minimum Gasteiger partial charge on any atom is -0.394 e. The number of aliphatic hydroxyl groups excluding tert-OH is 1. The van der Waals surface area contributed by atoms with Gasteiger partial charge in [-0.3, -0.25) is 0 Å². The molecule has 3 heteroatoms. The first-order valence-electron chi connectivity index (χ1n) is 4.74. The molecule has 1 aromatic rings. The van der Waals surface area contributed by atoms with Gasteiger partial charge >= 0.3 is 0 Å². The molecule has 0 fully saturated rings. The van der Waals surface area contributed by atoms with Gasteiger partial charge in [-0.25, -0.2) is 0 Å². The smallest absolute Gasteiger partial charge is 0.0664 e. The van der Waals surface area contributed by atoms with Crippen molar-refractivity contribution >= 4 is 15.9 Å². The summed E-state index contributed by atoms with van der Waals surface area (Å²) in [6, 6.07) is 8.04. The Bertz CT molecular complexity index is 272. The van der Waals surface area contributed by atoms with Gasteiger partial charge in [-0.1, -0.05) is 35.0 Å². The summed E-state index contributed by atoms with van der Waals surface area (Å²) in [5.41, 5.74) is 0.814. The molecule has 14 heavy (non-hydrogen) atoms. The molecule has 0 radical (unpaired) electrons. The SMILES string of the molecule is CCC(CO)(NC)c1ccc(Br)cc1. The Hall–Kier alpha value is -0.380. The molecule has 2 N–H and O–H groups in total. The van der Waals surface area contributed by atoms with Gasteiger partial charge < -0.3 is 10.4 Å². The zero-order chi connectivity index (χ0) is 10.6. The lowest BCUT2D eigenvalue weighted by molar-refractivity contribution is 0.164. The van der Waals surface area contributed by atoms with Crippen LogP contribution in [0, 0.1) is 0 Å². The molecular formula is C11H16BrNO.